The van der Waals surface area contributed by atoms with Gasteiger partial charge in [-0.05, 0) is 70.8 Å². The maximum absolute atomic E-state index is 6.24. The molecule has 0 spiro atoms. The van der Waals surface area contributed by atoms with Crippen molar-refractivity contribution in [2.24, 2.45) is 0 Å². The Balaban J connectivity index is 1.48. The van der Waals surface area contributed by atoms with Crippen LogP contribution in [-0.2, 0) is 5.41 Å². The Morgan fingerprint density at radius 3 is 1.94 bits per heavy atom. The Kier molecular flexibility index (Phi) is 4.22. The number of hydrogen-bond donors (Lipinski definition) is 0. The first-order valence-electron chi connectivity index (χ1n) is 12.1. The van der Waals surface area contributed by atoms with E-state index in [0.717, 1.165) is 28.2 Å². The molecule has 1 aromatic heterocycles. The number of para-hydroxylation sites is 3. The fourth-order valence-corrected chi connectivity index (χ4v) is 5.87. The van der Waals surface area contributed by atoms with Gasteiger partial charge in [0.15, 0.2) is 0 Å². The molecule has 7 rings (SSSR count). The Morgan fingerprint density at radius 1 is 0.571 bits per heavy atom. The Morgan fingerprint density at radius 2 is 1.23 bits per heavy atom. The molecule has 0 amide bonds. The molecule has 0 aliphatic heterocycles. The van der Waals surface area contributed by atoms with Gasteiger partial charge in [0.1, 0.15) is 11.2 Å². The third kappa shape index (κ3) is 2.90. The molecular weight excluding hydrogens is 426 g/mol. The second-order valence-corrected chi connectivity index (χ2v) is 9.82. The molecule has 1 aliphatic carbocycles. The maximum atomic E-state index is 6.24. The predicted octanol–water partition coefficient (Wildman–Crippen LogP) is 9.36. The van der Waals surface area contributed by atoms with E-state index in [9.17, 15) is 0 Å². The quantitative estimate of drug-likeness (QED) is 0.266. The van der Waals surface area contributed by atoms with Crippen LogP contribution in [0.5, 0.6) is 0 Å². The van der Waals surface area contributed by atoms with Crippen LogP contribution in [0.15, 0.2) is 120 Å². The Labute approximate surface area is 205 Å². The number of fused-ring (bicyclic) bond motifs is 7. The van der Waals surface area contributed by atoms with Crippen LogP contribution in [0.2, 0.25) is 0 Å². The van der Waals surface area contributed by atoms with Crippen LogP contribution in [0.4, 0.5) is 17.1 Å². The minimum Gasteiger partial charge on any atom is -0.456 e. The van der Waals surface area contributed by atoms with E-state index in [0.29, 0.717) is 0 Å². The molecule has 5 aromatic carbocycles. The van der Waals surface area contributed by atoms with Gasteiger partial charge in [0.2, 0.25) is 0 Å². The summed E-state index contributed by atoms with van der Waals surface area (Å²) in [6.45, 7) is 4.68. The second kappa shape index (κ2) is 7.35. The molecule has 1 heterocycles. The molecule has 0 fully saturated rings. The minimum atomic E-state index is -0.125. The Hall–Kier alpha value is -4.30. The SMILES string of the molecule is CC1(C)c2ccc(N(c3ccccc3)c3ccccc3)cc2-c2ccc3oc4ccccc4c3c21. The molecule has 0 N–H and O–H groups in total. The van der Waals surface area contributed by atoms with Crippen LogP contribution in [0.25, 0.3) is 33.1 Å². The summed E-state index contributed by atoms with van der Waals surface area (Å²) in [4.78, 5) is 2.33. The molecule has 2 heteroatoms. The normalized spacial score (nSPS) is 13.7. The zero-order valence-electron chi connectivity index (χ0n) is 19.8. The van der Waals surface area contributed by atoms with E-state index in [2.05, 4.69) is 128 Å². The number of nitrogens with zero attached hydrogens (tertiary/aromatic N) is 1. The van der Waals surface area contributed by atoms with Crippen molar-refractivity contribution in [2.45, 2.75) is 19.3 Å². The van der Waals surface area contributed by atoms with Crippen molar-refractivity contribution in [2.75, 3.05) is 4.90 Å². The highest BCUT2D eigenvalue weighted by Gasteiger charge is 2.38. The maximum Gasteiger partial charge on any atom is 0.135 e. The largest absolute Gasteiger partial charge is 0.456 e. The Bertz CT molecular complexity index is 1670. The van der Waals surface area contributed by atoms with Gasteiger partial charge in [-0.3, -0.25) is 0 Å². The number of furan rings is 1. The fourth-order valence-electron chi connectivity index (χ4n) is 5.87. The zero-order chi connectivity index (χ0) is 23.6. The highest BCUT2D eigenvalue weighted by atomic mass is 16.3. The highest BCUT2D eigenvalue weighted by molar-refractivity contribution is 6.11. The van der Waals surface area contributed by atoms with Crippen molar-refractivity contribution in [1.29, 1.82) is 0 Å². The van der Waals surface area contributed by atoms with Crippen molar-refractivity contribution in [3.63, 3.8) is 0 Å². The molecular formula is C33H25NO. The minimum absolute atomic E-state index is 0.125. The van der Waals surface area contributed by atoms with Crippen molar-refractivity contribution in [3.05, 3.63) is 126 Å². The van der Waals surface area contributed by atoms with Crippen molar-refractivity contribution >= 4 is 39.0 Å². The lowest BCUT2D eigenvalue weighted by Gasteiger charge is -2.27. The summed E-state index contributed by atoms with van der Waals surface area (Å²) in [7, 11) is 0. The van der Waals surface area contributed by atoms with Crippen molar-refractivity contribution in [1.82, 2.24) is 0 Å². The van der Waals surface area contributed by atoms with Crippen molar-refractivity contribution in [3.8, 4) is 11.1 Å². The number of rotatable bonds is 3. The van der Waals surface area contributed by atoms with Gasteiger partial charge in [-0.25, -0.2) is 0 Å². The average molecular weight is 452 g/mol. The molecule has 168 valence electrons. The van der Waals surface area contributed by atoms with Crippen molar-refractivity contribution < 1.29 is 4.42 Å². The van der Waals surface area contributed by atoms with Crippen LogP contribution < -0.4 is 4.90 Å². The summed E-state index contributed by atoms with van der Waals surface area (Å²) in [5.74, 6) is 0. The van der Waals surface area contributed by atoms with Gasteiger partial charge in [0.25, 0.3) is 0 Å². The van der Waals surface area contributed by atoms with E-state index in [1.54, 1.807) is 0 Å². The molecule has 0 radical (unpaired) electrons. The van der Waals surface area contributed by atoms with E-state index in [1.807, 2.05) is 6.07 Å². The lowest BCUT2D eigenvalue weighted by molar-refractivity contribution is 0.657. The van der Waals surface area contributed by atoms with Gasteiger partial charge in [0, 0.05) is 33.2 Å². The lowest BCUT2D eigenvalue weighted by atomic mass is 9.80. The first-order chi connectivity index (χ1) is 17.1. The van der Waals surface area contributed by atoms with Gasteiger partial charge in [-0.2, -0.15) is 0 Å². The molecule has 6 aromatic rings. The van der Waals surface area contributed by atoms with E-state index < -0.39 is 0 Å². The molecule has 0 saturated heterocycles. The molecule has 1 aliphatic rings. The number of hydrogen-bond acceptors (Lipinski definition) is 2. The third-order valence-electron chi connectivity index (χ3n) is 7.42. The summed E-state index contributed by atoms with van der Waals surface area (Å²) in [6, 6.07) is 40.9. The molecule has 35 heavy (non-hydrogen) atoms. The first kappa shape index (κ1) is 20.1. The second-order valence-electron chi connectivity index (χ2n) is 9.82. The summed E-state index contributed by atoms with van der Waals surface area (Å²) in [6.07, 6.45) is 0. The number of benzene rings is 5. The van der Waals surface area contributed by atoms with Gasteiger partial charge in [0.05, 0.1) is 0 Å². The van der Waals surface area contributed by atoms with Crippen LogP contribution in [0.3, 0.4) is 0 Å². The molecule has 0 bridgehead atoms. The summed E-state index contributed by atoms with van der Waals surface area (Å²) < 4.78 is 6.24. The van der Waals surface area contributed by atoms with Crippen LogP contribution >= 0.6 is 0 Å². The zero-order valence-corrected chi connectivity index (χ0v) is 19.8. The first-order valence-corrected chi connectivity index (χ1v) is 12.1. The molecule has 0 atom stereocenters. The lowest BCUT2D eigenvalue weighted by Crippen LogP contribution is -2.16. The summed E-state index contributed by atoms with van der Waals surface area (Å²) in [5.41, 5.74) is 10.5. The fraction of sp³-hybridized carbons (Fsp3) is 0.0909. The van der Waals surface area contributed by atoms with Crippen LogP contribution in [-0.4, -0.2) is 0 Å². The standard InChI is InChI=1S/C33H25NO/c1-33(2)28-19-17-24(34(22-11-5-3-6-12-22)23-13-7-4-8-14-23)21-27(28)25-18-20-30-31(32(25)33)26-15-9-10-16-29(26)35-30/h3-21H,1-2H3. The van der Waals surface area contributed by atoms with E-state index in [-0.39, 0.29) is 5.41 Å². The van der Waals surface area contributed by atoms with Gasteiger partial charge in [-0.15, -0.1) is 0 Å². The molecule has 0 unspecified atom stereocenters. The predicted molar refractivity (Wildman–Crippen MR) is 146 cm³/mol. The van der Waals surface area contributed by atoms with E-state index in [4.69, 9.17) is 4.42 Å². The van der Waals surface area contributed by atoms with Crippen LogP contribution in [0.1, 0.15) is 25.0 Å². The van der Waals surface area contributed by atoms with Gasteiger partial charge >= 0.3 is 0 Å². The summed E-state index contributed by atoms with van der Waals surface area (Å²) in [5, 5.41) is 2.43. The molecule has 2 nitrogen and oxygen atoms in total. The summed E-state index contributed by atoms with van der Waals surface area (Å²) >= 11 is 0. The monoisotopic (exact) mass is 451 g/mol. The number of anilines is 3. The van der Waals surface area contributed by atoms with E-state index in [1.165, 1.54) is 33.0 Å². The van der Waals surface area contributed by atoms with Crippen LogP contribution in [0, 0.1) is 0 Å². The van der Waals surface area contributed by atoms with Gasteiger partial charge in [-0.1, -0.05) is 80.6 Å². The van der Waals surface area contributed by atoms with Gasteiger partial charge < -0.3 is 9.32 Å². The third-order valence-corrected chi connectivity index (χ3v) is 7.42. The highest BCUT2D eigenvalue weighted by Crippen LogP contribution is 2.54. The van der Waals surface area contributed by atoms with E-state index >= 15 is 0 Å². The topological polar surface area (TPSA) is 16.4 Å². The molecule has 0 saturated carbocycles. The average Bonchev–Trinajstić information content (AvgIpc) is 3.38. The smallest absolute Gasteiger partial charge is 0.135 e.